The third-order valence-electron chi connectivity index (χ3n) is 3.53. The second kappa shape index (κ2) is 7.75. The van der Waals surface area contributed by atoms with E-state index < -0.39 is 0 Å². The summed E-state index contributed by atoms with van der Waals surface area (Å²) in [6.45, 7) is 1.95. The van der Waals surface area contributed by atoms with Crippen molar-refractivity contribution in [3.63, 3.8) is 0 Å². The Morgan fingerprint density at radius 1 is 1.00 bits per heavy atom. The lowest BCUT2D eigenvalue weighted by molar-refractivity contribution is 0.0936. The fraction of sp³-hybridized carbons (Fsp3) is 0.105. The summed E-state index contributed by atoms with van der Waals surface area (Å²) in [6.07, 6.45) is 5.14. The summed E-state index contributed by atoms with van der Waals surface area (Å²) in [4.78, 5) is 22.1. The van der Waals surface area contributed by atoms with Crippen LogP contribution in [0.2, 0.25) is 0 Å². The highest BCUT2D eigenvalue weighted by molar-refractivity contribution is 7.99. The van der Waals surface area contributed by atoms with Gasteiger partial charge < -0.3 is 5.32 Å². The molecular formula is C19H17N3OS. The van der Waals surface area contributed by atoms with Crippen LogP contribution >= 0.6 is 11.8 Å². The molecule has 0 radical (unpaired) electrons. The molecule has 1 unspecified atom stereocenters. The van der Waals surface area contributed by atoms with E-state index in [0.29, 0.717) is 10.6 Å². The van der Waals surface area contributed by atoms with Crippen molar-refractivity contribution in [3.8, 4) is 0 Å². The lowest BCUT2D eigenvalue weighted by Crippen LogP contribution is -2.27. The van der Waals surface area contributed by atoms with Gasteiger partial charge in [0.2, 0.25) is 0 Å². The molecular weight excluding hydrogens is 318 g/mol. The first-order valence-corrected chi connectivity index (χ1v) is 8.44. The summed E-state index contributed by atoms with van der Waals surface area (Å²) in [7, 11) is 0. The van der Waals surface area contributed by atoms with Crippen molar-refractivity contribution in [1.29, 1.82) is 0 Å². The molecule has 1 aromatic carbocycles. The van der Waals surface area contributed by atoms with Gasteiger partial charge in [-0.25, -0.2) is 4.98 Å². The summed E-state index contributed by atoms with van der Waals surface area (Å²) >= 11 is 1.48. The summed E-state index contributed by atoms with van der Waals surface area (Å²) in [5.74, 6) is -0.133. The molecule has 3 aromatic rings. The predicted octanol–water partition coefficient (Wildman–Crippen LogP) is 4.12. The van der Waals surface area contributed by atoms with E-state index in [0.717, 1.165) is 10.5 Å². The Labute approximate surface area is 145 Å². The van der Waals surface area contributed by atoms with Crippen LogP contribution < -0.4 is 5.32 Å². The number of aromatic nitrogens is 2. The van der Waals surface area contributed by atoms with Crippen molar-refractivity contribution in [2.75, 3.05) is 0 Å². The van der Waals surface area contributed by atoms with Gasteiger partial charge in [0.25, 0.3) is 5.91 Å². The minimum Gasteiger partial charge on any atom is -0.345 e. The maximum absolute atomic E-state index is 12.7. The molecule has 2 aromatic heterocycles. The molecule has 0 aliphatic carbocycles. The van der Waals surface area contributed by atoms with Gasteiger partial charge in [0.1, 0.15) is 5.03 Å². The number of carbonyl (C=O) groups excluding carboxylic acids is 1. The molecule has 4 nitrogen and oxygen atoms in total. The number of nitrogens with one attached hydrogen (secondary N) is 1. The first-order valence-electron chi connectivity index (χ1n) is 7.63. The number of benzene rings is 1. The average Bonchev–Trinajstić information content (AvgIpc) is 2.63. The Hall–Kier alpha value is -2.66. The Morgan fingerprint density at radius 3 is 2.50 bits per heavy atom. The largest absolute Gasteiger partial charge is 0.345 e. The van der Waals surface area contributed by atoms with Gasteiger partial charge in [-0.2, -0.15) is 0 Å². The zero-order valence-electron chi connectivity index (χ0n) is 13.2. The van der Waals surface area contributed by atoms with Gasteiger partial charge in [-0.1, -0.05) is 30.0 Å². The number of nitrogens with zero attached hydrogens (tertiary/aromatic N) is 2. The minimum absolute atomic E-state index is 0.102. The zero-order chi connectivity index (χ0) is 16.8. The lowest BCUT2D eigenvalue weighted by atomic mass is 10.1. The molecule has 0 aliphatic heterocycles. The van der Waals surface area contributed by atoms with Crippen LogP contribution in [0.3, 0.4) is 0 Å². The lowest BCUT2D eigenvalue weighted by Gasteiger charge is -2.15. The molecule has 1 atom stereocenters. The van der Waals surface area contributed by atoms with Crippen molar-refractivity contribution < 1.29 is 4.79 Å². The smallest absolute Gasteiger partial charge is 0.254 e. The average molecular weight is 335 g/mol. The molecule has 0 aliphatic rings. The highest BCUT2D eigenvalue weighted by atomic mass is 32.2. The van der Waals surface area contributed by atoms with Crippen LogP contribution in [0.25, 0.3) is 0 Å². The normalized spacial score (nSPS) is 11.7. The third-order valence-corrected chi connectivity index (χ3v) is 4.55. The van der Waals surface area contributed by atoms with Gasteiger partial charge in [0, 0.05) is 23.5 Å². The summed E-state index contributed by atoms with van der Waals surface area (Å²) in [5, 5.41) is 3.72. The molecule has 0 saturated heterocycles. The van der Waals surface area contributed by atoms with Crippen LogP contribution in [0.15, 0.2) is 83.1 Å². The fourth-order valence-corrected chi connectivity index (χ4v) is 3.16. The van der Waals surface area contributed by atoms with E-state index in [-0.39, 0.29) is 11.9 Å². The van der Waals surface area contributed by atoms with E-state index in [9.17, 15) is 4.79 Å². The SMILES string of the molecule is CC(NC(=O)c1cccnc1Sc1ccccc1)c1ccncc1. The van der Waals surface area contributed by atoms with E-state index >= 15 is 0 Å². The third kappa shape index (κ3) is 4.00. The first-order chi connectivity index (χ1) is 11.7. The number of amides is 1. The van der Waals surface area contributed by atoms with Crippen molar-refractivity contribution in [2.24, 2.45) is 0 Å². The Bertz CT molecular complexity index is 809. The van der Waals surface area contributed by atoms with Crippen LogP contribution in [0.1, 0.15) is 28.9 Å². The maximum atomic E-state index is 12.7. The molecule has 1 amide bonds. The summed E-state index contributed by atoms with van der Waals surface area (Å²) in [5.41, 5.74) is 1.59. The van der Waals surface area contributed by atoms with E-state index in [1.165, 1.54) is 11.8 Å². The van der Waals surface area contributed by atoms with E-state index in [4.69, 9.17) is 0 Å². The molecule has 120 valence electrons. The van der Waals surface area contributed by atoms with Gasteiger partial charge in [-0.05, 0) is 48.9 Å². The number of carbonyl (C=O) groups is 1. The van der Waals surface area contributed by atoms with E-state index in [2.05, 4.69) is 15.3 Å². The second-order valence-electron chi connectivity index (χ2n) is 5.25. The van der Waals surface area contributed by atoms with Crippen LogP contribution in [-0.2, 0) is 0 Å². The van der Waals surface area contributed by atoms with Crippen LogP contribution in [0.5, 0.6) is 0 Å². The molecule has 0 spiro atoms. The molecule has 0 saturated carbocycles. The van der Waals surface area contributed by atoms with Crippen molar-refractivity contribution >= 4 is 17.7 Å². The zero-order valence-corrected chi connectivity index (χ0v) is 14.0. The van der Waals surface area contributed by atoms with Gasteiger partial charge in [-0.15, -0.1) is 0 Å². The summed E-state index contributed by atoms with van der Waals surface area (Å²) in [6, 6.07) is 17.2. The van der Waals surface area contributed by atoms with Gasteiger partial charge in [0.15, 0.2) is 0 Å². The number of hydrogen-bond donors (Lipinski definition) is 1. The fourth-order valence-electron chi connectivity index (χ4n) is 2.25. The molecule has 5 heteroatoms. The Kier molecular flexibility index (Phi) is 5.23. The molecule has 24 heavy (non-hydrogen) atoms. The second-order valence-corrected chi connectivity index (χ2v) is 6.31. The molecule has 0 bridgehead atoms. The Morgan fingerprint density at radius 2 is 1.75 bits per heavy atom. The molecule has 1 N–H and O–H groups in total. The minimum atomic E-state index is -0.133. The highest BCUT2D eigenvalue weighted by Gasteiger charge is 2.16. The van der Waals surface area contributed by atoms with Gasteiger partial charge in [-0.3, -0.25) is 9.78 Å². The standard InChI is InChI=1S/C19H17N3OS/c1-14(15-9-12-20-13-10-15)22-18(23)17-8-5-11-21-19(17)24-16-6-3-2-4-7-16/h2-14H,1H3,(H,22,23). The van der Waals surface area contributed by atoms with Gasteiger partial charge >= 0.3 is 0 Å². The van der Waals surface area contributed by atoms with Crippen molar-refractivity contribution in [1.82, 2.24) is 15.3 Å². The first kappa shape index (κ1) is 16.2. The molecule has 3 rings (SSSR count). The van der Waals surface area contributed by atoms with Crippen molar-refractivity contribution in [3.05, 3.63) is 84.3 Å². The number of pyridine rings is 2. The Balaban J connectivity index is 1.78. The maximum Gasteiger partial charge on any atom is 0.254 e. The van der Waals surface area contributed by atoms with E-state index in [1.807, 2.05) is 49.4 Å². The molecule has 0 fully saturated rings. The quantitative estimate of drug-likeness (QED) is 0.762. The van der Waals surface area contributed by atoms with Crippen LogP contribution in [-0.4, -0.2) is 15.9 Å². The van der Waals surface area contributed by atoms with Crippen LogP contribution in [0.4, 0.5) is 0 Å². The van der Waals surface area contributed by atoms with Crippen LogP contribution in [0, 0.1) is 0 Å². The predicted molar refractivity (Wildman–Crippen MR) is 94.9 cm³/mol. The van der Waals surface area contributed by atoms with E-state index in [1.54, 1.807) is 30.7 Å². The summed E-state index contributed by atoms with van der Waals surface area (Å²) < 4.78 is 0. The van der Waals surface area contributed by atoms with Gasteiger partial charge in [0.05, 0.1) is 11.6 Å². The topological polar surface area (TPSA) is 54.9 Å². The highest BCUT2D eigenvalue weighted by Crippen LogP contribution is 2.28. The molecule has 2 heterocycles. The monoisotopic (exact) mass is 335 g/mol. The number of hydrogen-bond acceptors (Lipinski definition) is 4. The number of rotatable bonds is 5. The van der Waals surface area contributed by atoms with Crippen molar-refractivity contribution in [2.45, 2.75) is 22.9 Å².